The summed E-state index contributed by atoms with van der Waals surface area (Å²) in [4.78, 5) is 22.8. The minimum Gasteiger partial charge on any atom is -0.481 e. The first kappa shape index (κ1) is 13.1. The Morgan fingerprint density at radius 2 is 1.85 bits per heavy atom. The van der Waals surface area contributed by atoms with E-state index in [4.69, 9.17) is 5.11 Å². The lowest BCUT2D eigenvalue weighted by Crippen LogP contribution is -2.32. The van der Waals surface area contributed by atoms with Gasteiger partial charge in [0.25, 0.3) is 0 Å². The van der Waals surface area contributed by atoms with Crippen LogP contribution in [0.5, 0.6) is 0 Å². The van der Waals surface area contributed by atoms with Gasteiger partial charge in [-0.3, -0.25) is 9.59 Å². The lowest BCUT2D eigenvalue weighted by atomic mass is 10.0. The van der Waals surface area contributed by atoms with Gasteiger partial charge in [-0.1, -0.05) is 12.1 Å². The van der Waals surface area contributed by atoms with Crippen molar-refractivity contribution in [2.45, 2.75) is 25.3 Å². The molecule has 106 valence electrons. The molecule has 2 fully saturated rings. The highest BCUT2D eigenvalue weighted by Gasteiger charge is 2.49. The molecule has 0 unspecified atom stereocenters. The molecule has 4 nitrogen and oxygen atoms in total. The maximum absolute atomic E-state index is 13.0. The zero-order chi connectivity index (χ0) is 14.3. The first-order valence-electron chi connectivity index (χ1n) is 6.85. The fraction of sp³-hybridized carbons (Fsp3) is 0.467. The maximum atomic E-state index is 13.0. The standard InChI is InChI=1S/C15H16FNO3/c16-10-5-3-9(4-6-10)13(8-1-2-8)17-14(18)11-7-12(11)15(19)20/h3-6,8,11-13H,1-2,7H2,(H,17,18)(H,19,20)/t11-,12-,13+/m1/s1. The fourth-order valence-corrected chi connectivity index (χ4v) is 2.59. The van der Waals surface area contributed by atoms with Crippen molar-refractivity contribution in [3.63, 3.8) is 0 Å². The highest BCUT2D eigenvalue weighted by molar-refractivity contribution is 5.89. The van der Waals surface area contributed by atoms with E-state index in [-0.39, 0.29) is 17.8 Å². The number of amides is 1. The predicted octanol–water partition coefficient (Wildman–Crippen LogP) is 2.11. The molecule has 5 heteroatoms. The van der Waals surface area contributed by atoms with E-state index in [2.05, 4.69) is 5.32 Å². The molecule has 1 aromatic rings. The van der Waals surface area contributed by atoms with E-state index in [1.54, 1.807) is 12.1 Å². The number of carboxylic acid groups (broad SMARTS) is 1. The number of hydrogen-bond donors (Lipinski definition) is 2. The molecule has 2 aliphatic carbocycles. The van der Waals surface area contributed by atoms with Gasteiger partial charge in [0.2, 0.25) is 5.91 Å². The Hall–Kier alpha value is -1.91. The molecule has 0 aromatic heterocycles. The summed E-state index contributed by atoms with van der Waals surface area (Å²) in [6.45, 7) is 0. The van der Waals surface area contributed by atoms with Gasteiger partial charge in [-0.25, -0.2) is 4.39 Å². The van der Waals surface area contributed by atoms with Gasteiger partial charge in [-0.15, -0.1) is 0 Å². The average molecular weight is 277 g/mol. The van der Waals surface area contributed by atoms with E-state index in [0.717, 1.165) is 18.4 Å². The molecule has 2 aliphatic rings. The second-order valence-corrected chi connectivity index (χ2v) is 5.66. The lowest BCUT2D eigenvalue weighted by molar-refractivity contribution is -0.140. The Labute approximate surface area is 116 Å². The van der Waals surface area contributed by atoms with Crippen molar-refractivity contribution in [3.05, 3.63) is 35.6 Å². The highest BCUT2D eigenvalue weighted by atomic mass is 19.1. The number of carbonyl (C=O) groups excluding carboxylic acids is 1. The molecule has 0 heterocycles. The van der Waals surface area contributed by atoms with Crippen LogP contribution in [0.15, 0.2) is 24.3 Å². The van der Waals surface area contributed by atoms with Gasteiger partial charge in [0.05, 0.1) is 17.9 Å². The second-order valence-electron chi connectivity index (χ2n) is 5.66. The summed E-state index contributed by atoms with van der Waals surface area (Å²) in [6.07, 6.45) is 2.49. The monoisotopic (exact) mass is 277 g/mol. The lowest BCUT2D eigenvalue weighted by Gasteiger charge is -2.19. The Balaban J connectivity index is 1.68. The van der Waals surface area contributed by atoms with Crippen molar-refractivity contribution in [2.24, 2.45) is 17.8 Å². The first-order chi connectivity index (χ1) is 9.56. The SMILES string of the molecule is O=C(O)[C@@H]1C[C@H]1C(=O)N[C@H](c1ccc(F)cc1)C1CC1. The van der Waals surface area contributed by atoms with Crippen molar-refractivity contribution in [1.29, 1.82) is 0 Å². The fourth-order valence-electron chi connectivity index (χ4n) is 2.59. The van der Waals surface area contributed by atoms with Crippen molar-refractivity contribution in [1.82, 2.24) is 5.32 Å². The summed E-state index contributed by atoms with van der Waals surface area (Å²) in [6, 6.07) is 6.00. The third-order valence-corrected chi connectivity index (χ3v) is 4.06. The normalized spacial score (nSPS) is 25.9. The number of aliphatic carboxylic acids is 1. The molecule has 20 heavy (non-hydrogen) atoms. The minimum absolute atomic E-state index is 0.127. The van der Waals surface area contributed by atoms with Crippen LogP contribution in [0.1, 0.15) is 30.9 Å². The number of rotatable bonds is 5. The second kappa shape index (κ2) is 4.89. The summed E-state index contributed by atoms with van der Waals surface area (Å²) in [5, 5.41) is 11.8. The molecule has 3 rings (SSSR count). The molecule has 3 atom stereocenters. The van der Waals surface area contributed by atoms with Gasteiger partial charge in [-0.05, 0) is 42.9 Å². The van der Waals surface area contributed by atoms with E-state index in [1.807, 2.05) is 0 Å². The van der Waals surface area contributed by atoms with Gasteiger partial charge in [0, 0.05) is 0 Å². The number of halogens is 1. The summed E-state index contributed by atoms with van der Waals surface area (Å²) < 4.78 is 13.0. The van der Waals surface area contributed by atoms with Crippen molar-refractivity contribution in [2.75, 3.05) is 0 Å². The number of hydrogen-bond acceptors (Lipinski definition) is 2. The van der Waals surface area contributed by atoms with Crippen LogP contribution in [0.3, 0.4) is 0 Å². The third kappa shape index (κ3) is 2.66. The van der Waals surface area contributed by atoms with Gasteiger partial charge in [-0.2, -0.15) is 0 Å². The molecule has 1 amide bonds. The van der Waals surface area contributed by atoms with Gasteiger partial charge in [0.15, 0.2) is 0 Å². The Morgan fingerprint density at radius 1 is 1.20 bits per heavy atom. The Kier molecular flexibility index (Phi) is 3.20. The van der Waals surface area contributed by atoms with Crippen LogP contribution < -0.4 is 5.32 Å². The summed E-state index contributed by atoms with van der Waals surface area (Å²) in [7, 11) is 0. The van der Waals surface area contributed by atoms with Gasteiger partial charge >= 0.3 is 5.97 Å². The van der Waals surface area contributed by atoms with Gasteiger partial charge < -0.3 is 10.4 Å². The smallest absolute Gasteiger partial charge is 0.307 e. The molecule has 2 saturated carbocycles. The summed E-state index contributed by atoms with van der Waals surface area (Å²) in [5.74, 6) is -1.97. The van der Waals surface area contributed by atoms with E-state index in [1.165, 1.54) is 12.1 Å². The van der Waals surface area contributed by atoms with E-state index in [9.17, 15) is 14.0 Å². The quantitative estimate of drug-likeness (QED) is 0.866. The largest absolute Gasteiger partial charge is 0.481 e. The first-order valence-corrected chi connectivity index (χ1v) is 6.85. The molecule has 2 N–H and O–H groups in total. The highest BCUT2D eigenvalue weighted by Crippen LogP contribution is 2.43. The van der Waals surface area contributed by atoms with Crippen molar-refractivity contribution < 1.29 is 19.1 Å². The van der Waals surface area contributed by atoms with Crippen LogP contribution >= 0.6 is 0 Å². The molecular formula is C15H16FNO3. The van der Waals surface area contributed by atoms with E-state index >= 15 is 0 Å². The minimum atomic E-state index is -0.907. The van der Waals surface area contributed by atoms with E-state index < -0.39 is 17.8 Å². The molecule has 0 aliphatic heterocycles. The van der Waals surface area contributed by atoms with Crippen LogP contribution in [-0.4, -0.2) is 17.0 Å². The molecule has 0 spiro atoms. The summed E-state index contributed by atoms with van der Waals surface area (Å²) in [5.41, 5.74) is 0.884. The number of carboxylic acids is 1. The van der Waals surface area contributed by atoms with Crippen LogP contribution in [0.4, 0.5) is 4.39 Å². The number of benzene rings is 1. The van der Waals surface area contributed by atoms with Gasteiger partial charge in [0.1, 0.15) is 5.82 Å². The molecule has 1 aromatic carbocycles. The van der Waals surface area contributed by atoms with E-state index in [0.29, 0.717) is 12.3 Å². The van der Waals surface area contributed by atoms with Crippen molar-refractivity contribution in [3.8, 4) is 0 Å². The summed E-state index contributed by atoms with van der Waals surface area (Å²) >= 11 is 0. The molecular weight excluding hydrogens is 261 g/mol. The predicted molar refractivity (Wildman–Crippen MR) is 69.2 cm³/mol. The maximum Gasteiger partial charge on any atom is 0.307 e. The Morgan fingerprint density at radius 3 is 2.35 bits per heavy atom. The number of nitrogens with one attached hydrogen (secondary N) is 1. The zero-order valence-electron chi connectivity index (χ0n) is 10.9. The molecule has 0 radical (unpaired) electrons. The van der Waals surface area contributed by atoms with Crippen LogP contribution in [0.2, 0.25) is 0 Å². The van der Waals surface area contributed by atoms with Crippen molar-refractivity contribution >= 4 is 11.9 Å². The molecule has 0 saturated heterocycles. The topological polar surface area (TPSA) is 66.4 Å². The molecule has 0 bridgehead atoms. The van der Waals surface area contributed by atoms with Crippen LogP contribution in [0.25, 0.3) is 0 Å². The average Bonchev–Trinajstić information content (AvgIpc) is 3.28. The van der Waals surface area contributed by atoms with Crippen LogP contribution in [-0.2, 0) is 9.59 Å². The zero-order valence-corrected chi connectivity index (χ0v) is 10.9. The number of carbonyl (C=O) groups is 2. The van der Waals surface area contributed by atoms with Crippen LogP contribution in [0, 0.1) is 23.6 Å². The third-order valence-electron chi connectivity index (χ3n) is 4.06. The Bertz CT molecular complexity index is 539.